The number of hydrogen-bond acceptors (Lipinski definition) is 1. The number of nitrogens with one attached hydrogen (secondary N) is 1. The summed E-state index contributed by atoms with van der Waals surface area (Å²) in [5.41, 5.74) is 0.318. The Bertz CT molecular complexity index is 666. The van der Waals surface area contributed by atoms with Crippen molar-refractivity contribution in [2.75, 3.05) is 0 Å². The first-order valence-electron chi connectivity index (χ1n) is 8.94. The highest BCUT2D eigenvalue weighted by Crippen LogP contribution is 2.61. The van der Waals surface area contributed by atoms with Crippen LogP contribution in [-0.2, 0) is 4.79 Å². The zero-order valence-corrected chi connectivity index (χ0v) is 15.1. The van der Waals surface area contributed by atoms with Crippen molar-refractivity contribution in [1.82, 2.24) is 5.32 Å². The zero-order valence-electron chi connectivity index (χ0n) is 13.6. The Kier molecular flexibility index (Phi) is 4.29. The molecule has 130 valence electrons. The van der Waals surface area contributed by atoms with E-state index in [-0.39, 0.29) is 34.1 Å². The standard InChI is InChI=1S/C19H22Cl2FNO/c20-13-4-5-14(22)15(16(13)21)17(23-18(24)12-2-1-3-12)19-8-6-11(10-19)7-9-19/h4-5,11-12,17H,1-3,6-10H2,(H,23,24). The normalized spacial score (nSPS) is 30.2. The molecular weight excluding hydrogens is 348 g/mol. The number of fused-ring (bicyclic) bond motifs is 2. The Morgan fingerprint density at radius 2 is 1.92 bits per heavy atom. The first-order chi connectivity index (χ1) is 11.5. The highest BCUT2D eigenvalue weighted by Gasteiger charge is 2.52. The summed E-state index contributed by atoms with van der Waals surface area (Å²) in [6.45, 7) is 0. The Balaban J connectivity index is 1.73. The maximum atomic E-state index is 14.7. The van der Waals surface area contributed by atoms with Crippen molar-refractivity contribution >= 4 is 29.1 Å². The van der Waals surface area contributed by atoms with Gasteiger partial charge in [-0.15, -0.1) is 0 Å². The second-order valence-corrected chi connectivity index (χ2v) is 8.62. The van der Waals surface area contributed by atoms with Gasteiger partial charge in [0, 0.05) is 11.5 Å². The van der Waals surface area contributed by atoms with E-state index in [2.05, 4.69) is 5.32 Å². The molecule has 0 aliphatic heterocycles. The average Bonchev–Trinajstić information content (AvgIpc) is 3.10. The lowest BCUT2D eigenvalue weighted by Crippen LogP contribution is -2.43. The molecule has 3 fully saturated rings. The molecule has 0 radical (unpaired) electrons. The molecule has 0 spiro atoms. The van der Waals surface area contributed by atoms with E-state index in [9.17, 15) is 9.18 Å². The Morgan fingerprint density at radius 3 is 2.46 bits per heavy atom. The monoisotopic (exact) mass is 369 g/mol. The summed E-state index contributed by atoms with van der Waals surface area (Å²) in [5.74, 6) is 0.456. The maximum Gasteiger partial charge on any atom is 0.223 e. The van der Waals surface area contributed by atoms with E-state index in [1.165, 1.54) is 12.1 Å². The smallest absolute Gasteiger partial charge is 0.223 e. The fraction of sp³-hybridized carbons (Fsp3) is 0.632. The second kappa shape index (κ2) is 6.17. The Labute approximate surface area is 152 Å². The van der Waals surface area contributed by atoms with Gasteiger partial charge in [-0.2, -0.15) is 0 Å². The van der Waals surface area contributed by atoms with Gasteiger partial charge in [-0.3, -0.25) is 4.79 Å². The minimum absolute atomic E-state index is 0.0476. The summed E-state index contributed by atoms with van der Waals surface area (Å²) in [5, 5.41) is 3.78. The summed E-state index contributed by atoms with van der Waals surface area (Å²) < 4.78 is 14.7. The number of halogens is 3. The molecule has 0 heterocycles. The lowest BCUT2D eigenvalue weighted by atomic mass is 9.73. The average molecular weight is 370 g/mol. The first kappa shape index (κ1) is 16.7. The van der Waals surface area contributed by atoms with Gasteiger partial charge in [0.1, 0.15) is 5.82 Å². The topological polar surface area (TPSA) is 29.1 Å². The van der Waals surface area contributed by atoms with Gasteiger partial charge in [-0.05, 0) is 68.4 Å². The first-order valence-corrected chi connectivity index (χ1v) is 9.69. The van der Waals surface area contributed by atoms with Crippen LogP contribution in [-0.4, -0.2) is 5.91 Å². The predicted molar refractivity (Wildman–Crippen MR) is 93.7 cm³/mol. The van der Waals surface area contributed by atoms with Gasteiger partial charge in [0.15, 0.2) is 0 Å². The van der Waals surface area contributed by atoms with Crippen molar-refractivity contribution in [3.8, 4) is 0 Å². The molecule has 1 amide bonds. The minimum atomic E-state index is -0.371. The summed E-state index contributed by atoms with van der Waals surface area (Å²) in [6, 6.07) is 2.48. The minimum Gasteiger partial charge on any atom is -0.348 e. The van der Waals surface area contributed by atoms with Crippen LogP contribution in [0.3, 0.4) is 0 Å². The van der Waals surface area contributed by atoms with Crippen molar-refractivity contribution < 1.29 is 9.18 Å². The molecule has 4 rings (SSSR count). The van der Waals surface area contributed by atoms with Crippen LogP contribution in [0.1, 0.15) is 63.0 Å². The third-order valence-corrected chi connectivity index (χ3v) is 7.36. The fourth-order valence-electron chi connectivity index (χ4n) is 4.91. The number of rotatable bonds is 4. The van der Waals surface area contributed by atoms with E-state index in [1.54, 1.807) is 0 Å². The lowest BCUT2D eigenvalue weighted by Gasteiger charge is -2.39. The van der Waals surface area contributed by atoms with Gasteiger partial charge in [0.2, 0.25) is 5.91 Å². The predicted octanol–water partition coefficient (Wildman–Crippen LogP) is 5.67. The number of hydrogen-bond donors (Lipinski definition) is 1. The van der Waals surface area contributed by atoms with E-state index in [0.29, 0.717) is 16.5 Å². The van der Waals surface area contributed by atoms with Crippen molar-refractivity contribution in [2.24, 2.45) is 17.3 Å². The van der Waals surface area contributed by atoms with Gasteiger partial charge in [-0.25, -0.2) is 4.39 Å². The number of benzene rings is 1. The number of amides is 1. The van der Waals surface area contributed by atoms with Crippen LogP contribution in [0.15, 0.2) is 12.1 Å². The van der Waals surface area contributed by atoms with E-state index in [4.69, 9.17) is 23.2 Å². The molecule has 24 heavy (non-hydrogen) atoms. The van der Waals surface area contributed by atoms with Crippen LogP contribution in [0.25, 0.3) is 0 Å². The van der Waals surface area contributed by atoms with Crippen LogP contribution in [0.2, 0.25) is 10.0 Å². The Hall–Kier alpha value is -0.800. The molecule has 1 aromatic rings. The highest BCUT2D eigenvalue weighted by molar-refractivity contribution is 6.42. The lowest BCUT2D eigenvalue weighted by molar-refractivity contribution is -0.129. The molecule has 2 bridgehead atoms. The van der Waals surface area contributed by atoms with E-state index >= 15 is 0 Å². The van der Waals surface area contributed by atoms with Crippen LogP contribution in [0, 0.1) is 23.1 Å². The summed E-state index contributed by atoms with van der Waals surface area (Å²) in [6.07, 6.45) is 8.38. The van der Waals surface area contributed by atoms with Crippen LogP contribution >= 0.6 is 23.2 Å². The third-order valence-electron chi connectivity index (χ3n) is 6.54. The van der Waals surface area contributed by atoms with Crippen molar-refractivity contribution in [1.29, 1.82) is 0 Å². The molecule has 5 heteroatoms. The van der Waals surface area contributed by atoms with Gasteiger partial charge in [0.25, 0.3) is 0 Å². The van der Waals surface area contributed by atoms with Gasteiger partial charge < -0.3 is 5.32 Å². The van der Waals surface area contributed by atoms with Gasteiger partial charge in [-0.1, -0.05) is 29.6 Å². The van der Waals surface area contributed by atoms with E-state index in [1.807, 2.05) is 0 Å². The SMILES string of the molecule is O=C(NC(c1c(F)ccc(Cl)c1Cl)C12CCC(CC1)C2)C1CCC1. The largest absolute Gasteiger partial charge is 0.348 e. The molecular formula is C19H22Cl2FNO. The number of carbonyl (C=O) groups excluding carboxylic acids is 1. The van der Waals surface area contributed by atoms with Gasteiger partial charge in [0.05, 0.1) is 16.1 Å². The van der Waals surface area contributed by atoms with E-state index < -0.39 is 0 Å². The van der Waals surface area contributed by atoms with Crippen molar-refractivity contribution in [3.63, 3.8) is 0 Å². The summed E-state index contributed by atoms with van der Waals surface area (Å²) in [7, 11) is 0. The fourth-order valence-corrected chi connectivity index (χ4v) is 5.34. The molecule has 1 unspecified atom stereocenters. The molecule has 3 aliphatic rings. The molecule has 2 nitrogen and oxygen atoms in total. The molecule has 1 N–H and O–H groups in total. The van der Waals surface area contributed by atoms with E-state index in [0.717, 1.165) is 51.4 Å². The summed E-state index contributed by atoms with van der Waals surface area (Å²) >= 11 is 12.6. The molecule has 3 aliphatic carbocycles. The Morgan fingerprint density at radius 1 is 1.21 bits per heavy atom. The quantitative estimate of drug-likeness (QED) is 0.680. The van der Waals surface area contributed by atoms with Crippen LogP contribution in [0.4, 0.5) is 4.39 Å². The summed E-state index contributed by atoms with van der Waals surface area (Å²) in [4.78, 5) is 12.6. The van der Waals surface area contributed by atoms with Crippen LogP contribution in [0.5, 0.6) is 0 Å². The molecule has 1 atom stereocenters. The molecule has 1 aromatic carbocycles. The zero-order chi connectivity index (χ0) is 16.9. The molecule has 0 aromatic heterocycles. The second-order valence-electron chi connectivity index (χ2n) is 7.84. The van der Waals surface area contributed by atoms with Gasteiger partial charge >= 0.3 is 0 Å². The highest BCUT2D eigenvalue weighted by atomic mass is 35.5. The van der Waals surface area contributed by atoms with Crippen molar-refractivity contribution in [3.05, 3.63) is 33.6 Å². The molecule has 0 saturated heterocycles. The third kappa shape index (κ3) is 2.64. The molecule has 3 saturated carbocycles. The van der Waals surface area contributed by atoms with Crippen LogP contribution < -0.4 is 5.32 Å². The van der Waals surface area contributed by atoms with Crippen molar-refractivity contribution in [2.45, 2.75) is 57.4 Å². The maximum absolute atomic E-state index is 14.7. The number of carbonyl (C=O) groups is 1.